The molecule has 0 aromatic carbocycles. The number of hydrogen-bond donors (Lipinski definition) is 2. The standard InChI is InChI=1S/C8H20N2O2S/c1-7(2)6-8(3)10-13(11,12)5-4-9/h7-8,10H,4-6,9H2,1-3H3. The largest absolute Gasteiger partial charge is 0.329 e. The van der Waals surface area contributed by atoms with Gasteiger partial charge in [0.15, 0.2) is 0 Å². The zero-order valence-corrected chi connectivity index (χ0v) is 9.39. The average molecular weight is 208 g/mol. The Bertz CT molecular complexity index is 224. The van der Waals surface area contributed by atoms with Gasteiger partial charge in [-0.3, -0.25) is 0 Å². The molecule has 0 aliphatic carbocycles. The van der Waals surface area contributed by atoms with Crippen molar-refractivity contribution in [2.24, 2.45) is 11.7 Å². The van der Waals surface area contributed by atoms with Crippen LogP contribution >= 0.6 is 0 Å². The SMILES string of the molecule is CC(C)CC(C)NS(=O)(=O)CCN. The highest BCUT2D eigenvalue weighted by Gasteiger charge is 2.13. The van der Waals surface area contributed by atoms with E-state index in [1.165, 1.54) is 0 Å². The summed E-state index contributed by atoms with van der Waals surface area (Å²) in [6, 6.07) is -0.00319. The Kier molecular flexibility index (Phi) is 5.51. The van der Waals surface area contributed by atoms with Crippen LogP contribution in [0.25, 0.3) is 0 Å². The summed E-state index contributed by atoms with van der Waals surface area (Å²) in [5, 5.41) is 0. The van der Waals surface area contributed by atoms with Gasteiger partial charge in [0, 0.05) is 12.6 Å². The summed E-state index contributed by atoms with van der Waals surface area (Å²) in [4.78, 5) is 0. The average Bonchev–Trinajstić information content (AvgIpc) is 1.81. The lowest BCUT2D eigenvalue weighted by molar-refractivity contribution is 0.482. The molecule has 5 heteroatoms. The molecule has 3 N–H and O–H groups in total. The van der Waals surface area contributed by atoms with Gasteiger partial charge in [0.2, 0.25) is 10.0 Å². The first-order valence-electron chi connectivity index (χ1n) is 4.57. The third-order valence-corrected chi connectivity index (χ3v) is 3.13. The molecule has 0 radical (unpaired) electrons. The van der Waals surface area contributed by atoms with Gasteiger partial charge in [0.05, 0.1) is 5.75 Å². The van der Waals surface area contributed by atoms with E-state index in [4.69, 9.17) is 5.73 Å². The first-order valence-corrected chi connectivity index (χ1v) is 6.22. The Morgan fingerprint density at radius 2 is 1.85 bits per heavy atom. The second-order valence-electron chi connectivity index (χ2n) is 3.76. The van der Waals surface area contributed by atoms with Crippen LogP contribution < -0.4 is 10.5 Å². The van der Waals surface area contributed by atoms with Gasteiger partial charge < -0.3 is 5.73 Å². The van der Waals surface area contributed by atoms with E-state index in [2.05, 4.69) is 18.6 Å². The molecule has 4 nitrogen and oxygen atoms in total. The molecule has 0 saturated carbocycles. The van der Waals surface area contributed by atoms with Gasteiger partial charge in [-0.15, -0.1) is 0 Å². The van der Waals surface area contributed by atoms with E-state index in [0.717, 1.165) is 6.42 Å². The molecule has 0 aromatic heterocycles. The number of nitrogens with two attached hydrogens (primary N) is 1. The minimum atomic E-state index is -3.15. The van der Waals surface area contributed by atoms with E-state index in [9.17, 15) is 8.42 Å². The summed E-state index contributed by atoms with van der Waals surface area (Å²) in [6.45, 7) is 6.17. The Labute approximate surface area is 80.9 Å². The Hall–Kier alpha value is -0.130. The van der Waals surface area contributed by atoms with Gasteiger partial charge in [-0.05, 0) is 19.3 Å². The maximum atomic E-state index is 11.2. The molecular weight excluding hydrogens is 188 g/mol. The first-order chi connectivity index (χ1) is 5.87. The number of nitrogens with one attached hydrogen (secondary N) is 1. The van der Waals surface area contributed by atoms with E-state index < -0.39 is 10.0 Å². The minimum absolute atomic E-state index is 0.00319. The summed E-state index contributed by atoms with van der Waals surface area (Å²) in [7, 11) is -3.15. The number of sulfonamides is 1. The summed E-state index contributed by atoms with van der Waals surface area (Å²) in [6.07, 6.45) is 0.851. The lowest BCUT2D eigenvalue weighted by Gasteiger charge is -2.15. The highest BCUT2D eigenvalue weighted by atomic mass is 32.2. The predicted molar refractivity (Wildman–Crippen MR) is 54.9 cm³/mol. The van der Waals surface area contributed by atoms with E-state index >= 15 is 0 Å². The van der Waals surface area contributed by atoms with Crippen LogP contribution in [-0.2, 0) is 10.0 Å². The van der Waals surface area contributed by atoms with Crippen LogP contribution in [0.2, 0.25) is 0 Å². The fourth-order valence-electron chi connectivity index (χ4n) is 1.28. The molecule has 0 spiro atoms. The van der Waals surface area contributed by atoms with Crippen LogP contribution in [-0.4, -0.2) is 26.8 Å². The minimum Gasteiger partial charge on any atom is -0.329 e. The molecule has 80 valence electrons. The molecule has 0 aliphatic rings. The normalized spacial score (nSPS) is 14.8. The van der Waals surface area contributed by atoms with E-state index in [1.54, 1.807) is 0 Å². The Balaban J connectivity index is 3.97. The summed E-state index contributed by atoms with van der Waals surface area (Å²) in [5.41, 5.74) is 5.17. The molecule has 0 rings (SSSR count). The van der Waals surface area contributed by atoms with Crippen LogP contribution in [0.1, 0.15) is 27.2 Å². The maximum absolute atomic E-state index is 11.2. The first kappa shape index (κ1) is 12.9. The zero-order valence-electron chi connectivity index (χ0n) is 8.58. The second-order valence-corrected chi connectivity index (χ2v) is 5.63. The molecule has 0 aromatic rings. The van der Waals surface area contributed by atoms with Gasteiger partial charge in [0.25, 0.3) is 0 Å². The van der Waals surface area contributed by atoms with Crippen molar-refractivity contribution in [3.05, 3.63) is 0 Å². The van der Waals surface area contributed by atoms with Crippen molar-refractivity contribution in [2.45, 2.75) is 33.2 Å². The van der Waals surface area contributed by atoms with Crippen LogP contribution in [0, 0.1) is 5.92 Å². The summed E-state index contributed by atoms with van der Waals surface area (Å²) < 4.78 is 25.0. The van der Waals surface area contributed by atoms with Crippen LogP contribution in [0.4, 0.5) is 0 Å². The van der Waals surface area contributed by atoms with Crippen molar-refractivity contribution in [2.75, 3.05) is 12.3 Å². The van der Waals surface area contributed by atoms with Gasteiger partial charge >= 0.3 is 0 Å². The molecule has 1 atom stereocenters. The van der Waals surface area contributed by atoms with Crippen LogP contribution in [0.3, 0.4) is 0 Å². The van der Waals surface area contributed by atoms with Gasteiger partial charge in [-0.2, -0.15) is 0 Å². The van der Waals surface area contributed by atoms with Crippen LogP contribution in [0.15, 0.2) is 0 Å². The third-order valence-electron chi connectivity index (χ3n) is 1.59. The molecule has 0 aliphatic heterocycles. The quantitative estimate of drug-likeness (QED) is 0.659. The Morgan fingerprint density at radius 3 is 2.23 bits per heavy atom. The lowest BCUT2D eigenvalue weighted by atomic mass is 10.1. The molecule has 0 saturated heterocycles. The molecule has 13 heavy (non-hydrogen) atoms. The third kappa shape index (κ3) is 6.98. The molecular formula is C8H20N2O2S. The van der Waals surface area contributed by atoms with E-state index in [0.29, 0.717) is 5.92 Å². The monoisotopic (exact) mass is 208 g/mol. The highest BCUT2D eigenvalue weighted by molar-refractivity contribution is 7.89. The molecule has 1 unspecified atom stereocenters. The molecule has 0 fully saturated rings. The topological polar surface area (TPSA) is 72.2 Å². The van der Waals surface area contributed by atoms with Gasteiger partial charge in [0.1, 0.15) is 0 Å². The molecule has 0 amide bonds. The molecule has 0 bridgehead atoms. The Morgan fingerprint density at radius 1 is 1.31 bits per heavy atom. The smallest absolute Gasteiger partial charge is 0.213 e. The van der Waals surface area contributed by atoms with Gasteiger partial charge in [-0.1, -0.05) is 13.8 Å². The number of rotatable bonds is 6. The zero-order chi connectivity index (χ0) is 10.5. The number of hydrogen-bond acceptors (Lipinski definition) is 3. The second kappa shape index (κ2) is 5.57. The van der Waals surface area contributed by atoms with E-state index in [1.807, 2.05) is 6.92 Å². The van der Waals surface area contributed by atoms with Crippen molar-refractivity contribution in [1.29, 1.82) is 0 Å². The van der Waals surface area contributed by atoms with Crippen molar-refractivity contribution < 1.29 is 8.42 Å². The van der Waals surface area contributed by atoms with Gasteiger partial charge in [-0.25, -0.2) is 13.1 Å². The fraction of sp³-hybridized carbons (Fsp3) is 1.00. The predicted octanol–water partition coefficient (Wildman–Crippen LogP) is 0.299. The fourth-order valence-corrected chi connectivity index (χ4v) is 2.41. The van der Waals surface area contributed by atoms with Crippen LogP contribution in [0.5, 0.6) is 0 Å². The van der Waals surface area contributed by atoms with Crippen molar-refractivity contribution in [3.63, 3.8) is 0 Å². The van der Waals surface area contributed by atoms with Crippen molar-refractivity contribution in [3.8, 4) is 0 Å². The summed E-state index contributed by atoms with van der Waals surface area (Å²) >= 11 is 0. The van der Waals surface area contributed by atoms with Crippen molar-refractivity contribution >= 4 is 10.0 Å². The summed E-state index contributed by atoms with van der Waals surface area (Å²) in [5.74, 6) is 0.505. The molecule has 0 heterocycles. The maximum Gasteiger partial charge on any atom is 0.213 e. The lowest BCUT2D eigenvalue weighted by Crippen LogP contribution is -2.36. The van der Waals surface area contributed by atoms with E-state index in [-0.39, 0.29) is 18.3 Å². The van der Waals surface area contributed by atoms with Crippen molar-refractivity contribution in [1.82, 2.24) is 4.72 Å². The highest BCUT2D eigenvalue weighted by Crippen LogP contribution is 2.04.